The molecule has 0 saturated carbocycles. The minimum Gasteiger partial charge on any atom is -0.496 e. The molecule has 0 radical (unpaired) electrons. The Kier molecular flexibility index (Phi) is 15.6. The highest BCUT2D eigenvalue weighted by Crippen LogP contribution is 2.58. The van der Waals surface area contributed by atoms with Crippen LogP contribution < -0.4 is 9.64 Å². The lowest BCUT2D eigenvalue weighted by Crippen LogP contribution is -2.42. The molecule has 316 valence electrons. The van der Waals surface area contributed by atoms with Gasteiger partial charge in [-0.15, -0.1) is 0 Å². The first kappa shape index (κ1) is 45.8. The van der Waals surface area contributed by atoms with E-state index >= 15 is 13.2 Å². The van der Waals surface area contributed by atoms with Crippen molar-refractivity contribution in [3.63, 3.8) is 0 Å². The fourth-order valence-corrected chi connectivity index (χ4v) is 8.24. The van der Waals surface area contributed by atoms with Crippen LogP contribution in [0, 0.1) is 39.4 Å². The van der Waals surface area contributed by atoms with E-state index in [0.29, 0.717) is 31.0 Å². The molecule has 1 unspecified atom stereocenters. The molecule has 61 heavy (non-hydrogen) atoms. The number of nitriles is 3. The van der Waals surface area contributed by atoms with E-state index in [-0.39, 0.29) is 34.3 Å². The van der Waals surface area contributed by atoms with Crippen molar-refractivity contribution in [2.45, 2.75) is 83.9 Å². The average Bonchev–Trinajstić information content (AvgIpc) is 3.59. The number of hydrogen-bond donors (Lipinski definition) is 1. The lowest BCUT2D eigenvalue weighted by molar-refractivity contribution is -0.176. The van der Waals surface area contributed by atoms with E-state index in [9.17, 15) is 20.9 Å². The lowest BCUT2D eigenvalue weighted by atomic mass is 9.73. The Balaban J connectivity index is 1.58. The Labute approximate surface area is 358 Å². The maximum absolute atomic E-state index is 15.5. The SMILES string of the molecule is CCCCN(CCCCO)c1ccc(/C=C/C2=C(OC)C(=C/C=C/C3=C(C#N)C(=C(C#N)C#N)CC3(c3ccccc3)C(F)(F)F)/CC(C)(C)C2)c(OCc2ccccc2)c1. The molecule has 0 heterocycles. The van der Waals surface area contributed by atoms with E-state index in [0.717, 1.165) is 66.7 Å². The first-order valence-electron chi connectivity index (χ1n) is 20.7. The molecule has 1 N–H and O–H groups in total. The van der Waals surface area contributed by atoms with Gasteiger partial charge >= 0.3 is 6.18 Å². The van der Waals surface area contributed by atoms with Crippen molar-refractivity contribution in [1.29, 1.82) is 15.8 Å². The van der Waals surface area contributed by atoms with Crippen LogP contribution >= 0.6 is 0 Å². The lowest BCUT2D eigenvalue weighted by Gasteiger charge is -2.34. The first-order valence-corrected chi connectivity index (χ1v) is 20.7. The standard InChI is InChI=1S/C51H53F3N4O3/c1-5-6-26-58(27-13-14-28-59)43-25-24-38(47(29-43)61-36-37-16-9-7-10-17-37)22-23-40-31-49(2,3)30-39(48(40)60-4)18-15-21-46-45(35-57)44(41(33-55)34-56)32-50(46,51(52,53)54)42-19-11-8-12-20-42/h7-12,15-25,29,59H,5-6,13-14,26-28,30-32,36H2,1-4H3/b21-15+,23-22+,39-18+. The summed E-state index contributed by atoms with van der Waals surface area (Å²) in [7, 11) is 1.57. The molecule has 0 amide bonds. The van der Waals surface area contributed by atoms with Crippen LogP contribution in [0.3, 0.4) is 0 Å². The van der Waals surface area contributed by atoms with Gasteiger partial charge in [-0.05, 0) is 83.9 Å². The van der Waals surface area contributed by atoms with Gasteiger partial charge in [0.15, 0.2) is 0 Å². The van der Waals surface area contributed by atoms with Crippen LogP contribution in [0.4, 0.5) is 18.9 Å². The van der Waals surface area contributed by atoms with Gasteiger partial charge in [0.1, 0.15) is 41.2 Å². The summed E-state index contributed by atoms with van der Waals surface area (Å²) < 4.78 is 59.0. The van der Waals surface area contributed by atoms with Crippen LogP contribution in [0.25, 0.3) is 6.08 Å². The molecule has 0 saturated heterocycles. The zero-order valence-electron chi connectivity index (χ0n) is 35.4. The molecular formula is C51H53F3N4O3. The molecular weight excluding hydrogens is 774 g/mol. The summed E-state index contributed by atoms with van der Waals surface area (Å²) in [6.07, 6.45) is 7.82. The number of allylic oxidation sites excluding steroid dienone is 10. The number of rotatable bonds is 17. The number of nitrogens with zero attached hydrogens (tertiary/aromatic N) is 4. The Morgan fingerprint density at radius 3 is 2.18 bits per heavy atom. The monoisotopic (exact) mass is 826 g/mol. The van der Waals surface area contributed by atoms with Gasteiger partial charge in [0.25, 0.3) is 0 Å². The summed E-state index contributed by atoms with van der Waals surface area (Å²) in [6, 6.07) is 28.8. The highest BCUT2D eigenvalue weighted by molar-refractivity contribution is 5.69. The number of halogens is 3. The Morgan fingerprint density at radius 2 is 1.56 bits per heavy atom. The predicted molar refractivity (Wildman–Crippen MR) is 234 cm³/mol. The topological polar surface area (TPSA) is 113 Å². The van der Waals surface area contributed by atoms with E-state index < -0.39 is 23.6 Å². The molecule has 0 spiro atoms. The Morgan fingerprint density at radius 1 is 0.869 bits per heavy atom. The molecule has 0 aliphatic heterocycles. The quantitative estimate of drug-likeness (QED) is 0.106. The van der Waals surface area contributed by atoms with Gasteiger partial charge in [0, 0.05) is 42.6 Å². The third-order valence-corrected chi connectivity index (χ3v) is 11.2. The number of benzene rings is 3. The average molecular weight is 827 g/mol. The number of ether oxygens (including phenoxy) is 2. The van der Waals surface area contributed by atoms with Crippen molar-refractivity contribution in [1.82, 2.24) is 0 Å². The fraction of sp³-hybridized carbons (Fsp3) is 0.353. The summed E-state index contributed by atoms with van der Waals surface area (Å²) in [5, 5.41) is 39.1. The van der Waals surface area contributed by atoms with Gasteiger partial charge in [0.05, 0.1) is 18.8 Å². The maximum atomic E-state index is 15.5. The van der Waals surface area contributed by atoms with Crippen molar-refractivity contribution in [2.24, 2.45) is 5.41 Å². The predicted octanol–water partition coefficient (Wildman–Crippen LogP) is 11.9. The zero-order valence-corrected chi connectivity index (χ0v) is 35.4. The number of methoxy groups -OCH3 is 1. The zero-order chi connectivity index (χ0) is 44.0. The minimum absolute atomic E-state index is 0.0907. The third kappa shape index (κ3) is 10.7. The number of anilines is 1. The van der Waals surface area contributed by atoms with Gasteiger partial charge in [0.2, 0.25) is 0 Å². The maximum Gasteiger partial charge on any atom is 0.402 e. The summed E-state index contributed by atoms with van der Waals surface area (Å²) in [5.74, 6) is 1.31. The number of aliphatic hydroxyl groups is 1. The van der Waals surface area contributed by atoms with Crippen LogP contribution in [0.15, 0.2) is 142 Å². The summed E-state index contributed by atoms with van der Waals surface area (Å²) in [5.41, 5.74) is 0.192. The first-order chi connectivity index (χ1) is 29.4. The van der Waals surface area contributed by atoms with Crippen molar-refractivity contribution in [3.05, 3.63) is 159 Å². The van der Waals surface area contributed by atoms with Crippen LogP contribution in [-0.2, 0) is 16.8 Å². The molecule has 7 nitrogen and oxygen atoms in total. The number of hydrogen-bond acceptors (Lipinski definition) is 7. The van der Waals surface area contributed by atoms with E-state index in [1.165, 1.54) is 36.4 Å². The second-order valence-corrected chi connectivity index (χ2v) is 16.2. The number of unbranched alkanes of at least 4 members (excludes halogenated alkanes) is 2. The summed E-state index contributed by atoms with van der Waals surface area (Å²) in [4.78, 5) is 2.34. The number of alkyl halides is 3. The summed E-state index contributed by atoms with van der Waals surface area (Å²) >= 11 is 0. The highest BCUT2D eigenvalue weighted by Gasteiger charge is 2.62. The van der Waals surface area contributed by atoms with Crippen molar-refractivity contribution >= 4 is 11.8 Å². The van der Waals surface area contributed by atoms with Crippen LogP contribution in [0.1, 0.15) is 82.4 Å². The van der Waals surface area contributed by atoms with Gasteiger partial charge < -0.3 is 19.5 Å². The van der Waals surface area contributed by atoms with Crippen molar-refractivity contribution in [2.75, 3.05) is 31.7 Å². The molecule has 0 fully saturated rings. The third-order valence-electron chi connectivity index (χ3n) is 11.2. The fourth-order valence-electron chi connectivity index (χ4n) is 8.24. The minimum atomic E-state index is -4.88. The highest BCUT2D eigenvalue weighted by atomic mass is 19.4. The van der Waals surface area contributed by atoms with E-state index in [1.807, 2.05) is 54.6 Å². The molecule has 2 aliphatic rings. The molecule has 0 aromatic heterocycles. The van der Waals surface area contributed by atoms with Crippen molar-refractivity contribution < 1.29 is 27.8 Å². The van der Waals surface area contributed by atoms with Crippen LogP contribution in [0.5, 0.6) is 5.75 Å². The Hall–Kier alpha value is -6.28. The van der Waals surface area contributed by atoms with Crippen LogP contribution in [0.2, 0.25) is 0 Å². The Bertz CT molecular complexity index is 2320. The van der Waals surface area contributed by atoms with Crippen LogP contribution in [-0.4, -0.2) is 38.1 Å². The van der Waals surface area contributed by atoms with Gasteiger partial charge in [-0.25, -0.2) is 0 Å². The molecule has 10 heteroatoms. The number of aliphatic hydroxyl groups excluding tert-OH is 1. The summed E-state index contributed by atoms with van der Waals surface area (Å²) in [6.45, 7) is 8.63. The van der Waals surface area contributed by atoms with Gasteiger partial charge in [-0.3, -0.25) is 0 Å². The van der Waals surface area contributed by atoms with Crippen molar-refractivity contribution in [3.8, 4) is 24.0 Å². The molecule has 5 rings (SSSR count). The molecule has 1 atom stereocenters. The molecule has 3 aromatic carbocycles. The normalized spacial score (nSPS) is 18.4. The molecule has 2 aliphatic carbocycles. The smallest absolute Gasteiger partial charge is 0.402 e. The molecule has 0 bridgehead atoms. The molecule has 3 aromatic rings. The van der Waals surface area contributed by atoms with Gasteiger partial charge in [-0.1, -0.05) is 118 Å². The van der Waals surface area contributed by atoms with E-state index in [1.54, 1.807) is 31.4 Å². The largest absolute Gasteiger partial charge is 0.496 e. The van der Waals surface area contributed by atoms with E-state index in [4.69, 9.17) is 9.47 Å². The van der Waals surface area contributed by atoms with Gasteiger partial charge in [-0.2, -0.15) is 29.0 Å². The van der Waals surface area contributed by atoms with E-state index in [2.05, 4.69) is 37.8 Å². The second kappa shape index (κ2) is 20.8. The second-order valence-electron chi connectivity index (χ2n) is 16.2.